The highest BCUT2D eigenvalue weighted by Crippen LogP contribution is 2.33. The van der Waals surface area contributed by atoms with E-state index in [1.807, 2.05) is 6.92 Å². The van der Waals surface area contributed by atoms with Crippen LogP contribution in [-0.4, -0.2) is 193 Å². The van der Waals surface area contributed by atoms with Crippen LogP contribution in [0.4, 0.5) is 0 Å². The summed E-state index contributed by atoms with van der Waals surface area (Å²) in [6.45, 7) is 1.48. The zero-order chi connectivity index (χ0) is 47.0. The van der Waals surface area contributed by atoms with Gasteiger partial charge in [-0.15, -0.1) is 0 Å². The Kier molecular flexibility index (Phi) is 27.7. The minimum absolute atomic E-state index is 0.231. The van der Waals surface area contributed by atoms with Crippen LogP contribution in [0.2, 0.25) is 0 Å². The van der Waals surface area contributed by atoms with Crippen LogP contribution in [0.3, 0.4) is 0 Å². The van der Waals surface area contributed by atoms with E-state index in [4.69, 9.17) is 28.4 Å². The molecule has 64 heavy (non-hydrogen) atoms. The molecule has 0 aromatic rings. The highest BCUT2D eigenvalue weighted by Gasteiger charge is 2.53. The summed E-state index contributed by atoms with van der Waals surface area (Å²) in [5, 5.41) is 119. The molecule has 0 aromatic heterocycles. The van der Waals surface area contributed by atoms with Gasteiger partial charge in [0.2, 0.25) is 5.91 Å². The number of ether oxygens (including phenoxy) is 6. The minimum Gasteiger partial charge on any atom is -0.394 e. The van der Waals surface area contributed by atoms with Gasteiger partial charge in [-0.2, -0.15) is 0 Å². The number of hydrogen-bond acceptors (Lipinski definition) is 18. The molecule has 12 N–H and O–H groups in total. The molecule has 0 saturated carbocycles. The van der Waals surface area contributed by atoms with Crippen molar-refractivity contribution in [3.8, 4) is 0 Å². The highest BCUT2D eigenvalue weighted by molar-refractivity contribution is 5.76. The molecule has 374 valence electrons. The fourth-order valence-electron chi connectivity index (χ4n) is 7.93. The second-order valence-corrected chi connectivity index (χ2v) is 17.2. The van der Waals surface area contributed by atoms with Crippen molar-refractivity contribution < 1.29 is 89.4 Å². The van der Waals surface area contributed by atoms with Crippen LogP contribution in [0.25, 0.3) is 0 Å². The Morgan fingerprint density at radius 2 is 1.00 bits per heavy atom. The van der Waals surface area contributed by atoms with Crippen LogP contribution in [-0.2, 0) is 33.2 Å². The molecule has 0 bridgehead atoms. The fraction of sp³-hybridized carbons (Fsp3) is 0.889. The standard InChI is InChI=1S/C45H81NO18/c1-3-5-7-9-10-11-12-13-14-15-16-17-18-19-21-23-33(51)46-28(29(50)22-20-8-6-4-2)27-59-43-39(57)36(54)41(31(25-48)61-43)64-45-40(58)37(55)42(32(26-49)62-45)63-44-38(56)35(53)34(52)30(24-47)60-44/h13-14,20,22,28-32,34-45,47-50,52-58H,3-12,15-19,21,23-27H2,1-2H3,(H,46,51)/b14-13-,22-20+. The number of amides is 1. The lowest BCUT2D eigenvalue weighted by Gasteiger charge is -2.48. The van der Waals surface area contributed by atoms with E-state index in [1.165, 1.54) is 38.5 Å². The quantitative estimate of drug-likeness (QED) is 0.0324. The Labute approximate surface area is 378 Å². The van der Waals surface area contributed by atoms with E-state index in [-0.39, 0.29) is 18.9 Å². The lowest BCUT2D eigenvalue weighted by molar-refractivity contribution is -0.379. The Hall–Kier alpha value is -1.73. The maximum atomic E-state index is 13.0. The van der Waals surface area contributed by atoms with Gasteiger partial charge in [0.1, 0.15) is 73.2 Å². The lowest BCUT2D eigenvalue weighted by Crippen LogP contribution is -2.66. The van der Waals surface area contributed by atoms with Crippen molar-refractivity contribution in [3.63, 3.8) is 0 Å². The molecular formula is C45H81NO18. The molecule has 17 unspecified atom stereocenters. The van der Waals surface area contributed by atoms with Crippen LogP contribution in [0.5, 0.6) is 0 Å². The Morgan fingerprint density at radius 3 is 1.55 bits per heavy atom. The summed E-state index contributed by atoms with van der Waals surface area (Å²) >= 11 is 0. The largest absolute Gasteiger partial charge is 0.394 e. The van der Waals surface area contributed by atoms with Crippen LogP contribution < -0.4 is 5.32 Å². The summed E-state index contributed by atoms with van der Waals surface area (Å²) in [5.41, 5.74) is 0. The first-order valence-electron chi connectivity index (χ1n) is 23.6. The molecule has 3 fully saturated rings. The topological polar surface area (TPSA) is 307 Å². The molecule has 0 spiro atoms. The van der Waals surface area contributed by atoms with Gasteiger partial charge in [-0.05, 0) is 38.5 Å². The van der Waals surface area contributed by atoms with Gasteiger partial charge < -0.3 is 89.9 Å². The van der Waals surface area contributed by atoms with Crippen molar-refractivity contribution in [1.82, 2.24) is 5.32 Å². The van der Waals surface area contributed by atoms with Crippen LogP contribution in [0.1, 0.15) is 123 Å². The summed E-state index contributed by atoms with van der Waals surface area (Å²) in [4.78, 5) is 13.0. The van der Waals surface area contributed by atoms with Gasteiger partial charge in [0.05, 0.1) is 38.6 Å². The van der Waals surface area contributed by atoms with E-state index < -0.39 is 124 Å². The van der Waals surface area contributed by atoms with Crippen molar-refractivity contribution in [2.24, 2.45) is 0 Å². The van der Waals surface area contributed by atoms with Gasteiger partial charge in [0, 0.05) is 6.42 Å². The van der Waals surface area contributed by atoms with Gasteiger partial charge >= 0.3 is 0 Å². The Morgan fingerprint density at radius 1 is 0.547 bits per heavy atom. The maximum Gasteiger partial charge on any atom is 0.220 e. The van der Waals surface area contributed by atoms with Gasteiger partial charge in [-0.3, -0.25) is 4.79 Å². The normalized spacial score (nSPS) is 34.7. The molecular weight excluding hydrogens is 842 g/mol. The predicted octanol–water partition coefficient (Wildman–Crippen LogP) is 0.0809. The van der Waals surface area contributed by atoms with Crippen molar-refractivity contribution in [2.45, 2.75) is 227 Å². The Balaban J connectivity index is 1.52. The first-order valence-corrected chi connectivity index (χ1v) is 23.6. The van der Waals surface area contributed by atoms with Gasteiger partial charge in [-0.25, -0.2) is 0 Å². The molecule has 3 saturated heterocycles. The summed E-state index contributed by atoms with van der Waals surface area (Å²) in [6.07, 6.45) is -1.44. The van der Waals surface area contributed by atoms with E-state index >= 15 is 0 Å². The van der Waals surface area contributed by atoms with Crippen molar-refractivity contribution in [2.75, 3.05) is 26.4 Å². The summed E-state index contributed by atoms with van der Waals surface area (Å²) < 4.78 is 33.8. The van der Waals surface area contributed by atoms with E-state index in [1.54, 1.807) is 12.2 Å². The second-order valence-electron chi connectivity index (χ2n) is 17.2. The fourth-order valence-corrected chi connectivity index (χ4v) is 7.93. The number of hydrogen-bond donors (Lipinski definition) is 12. The molecule has 3 rings (SSSR count). The zero-order valence-electron chi connectivity index (χ0n) is 37.8. The third-order valence-corrected chi connectivity index (χ3v) is 12.0. The van der Waals surface area contributed by atoms with E-state index in [0.717, 1.165) is 51.4 Å². The molecule has 3 heterocycles. The Bertz CT molecular complexity index is 1290. The predicted molar refractivity (Wildman–Crippen MR) is 231 cm³/mol. The van der Waals surface area contributed by atoms with Crippen molar-refractivity contribution in [1.29, 1.82) is 0 Å². The molecule has 0 radical (unpaired) electrons. The van der Waals surface area contributed by atoms with Crippen molar-refractivity contribution in [3.05, 3.63) is 24.3 Å². The number of aliphatic hydroxyl groups is 11. The smallest absolute Gasteiger partial charge is 0.220 e. The summed E-state index contributed by atoms with van der Waals surface area (Å²) in [5.74, 6) is -0.297. The minimum atomic E-state index is -1.97. The average molecular weight is 924 g/mol. The van der Waals surface area contributed by atoms with Gasteiger partial charge in [0.15, 0.2) is 18.9 Å². The number of allylic oxidation sites excluding steroid dienone is 3. The number of carbonyl (C=O) groups is 1. The number of carbonyl (C=O) groups excluding carboxylic acids is 1. The maximum absolute atomic E-state index is 13.0. The molecule has 1 amide bonds. The first kappa shape index (κ1) is 56.6. The average Bonchev–Trinajstić information content (AvgIpc) is 3.29. The van der Waals surface area contributed by atoms with Gasteiger partial charge in [0.25, 0.3) is 0 Å². The number of aliphatic hydroxyl groups excluding tert-OH is 11. The number of rotatable bonds is 31. The molecule has 17 atom stereocenters. The molecule has 19 heteroatoms. The van der Waals surface area contributed by atoms with Gasteiger partial charge in [-0.1, -0.05) is 102 Å². The highest BCUT2D eigenvalue weighted by atomic mass is 16.8. The lowest BCUT2D eigenvalue weighted by atomic mass is 9.96. The second kappa shape index (κ2) is 31.3. The molecule has 3 aliphatic heterocycles. The summed E-state index contributed by atoms with van der Waals surface area (Å²) in [7, 11) is 0. The SMILES string of the molecule is CCCC/C=C/C(O)C(COC1OC(CO)C(OC2OC(CO)C(OC3OC(CO)C(O)C(O)C3O)C(O)C2O)C(O)C1O)NC(=O)CCCCCCC/C=C\CCCCCCCC. The van der Waals surface area contributed by atoms with E-state index in [2.05, 4.69) is 24.4 Å². The van der Waals surface area contributed by atoms with Crippen LogP contribution in [0.15, 0.2) is 24.3 Å². The molecule has 19 nitrogen and oxygen atoms in total. The third-order valence-electron chi connectivity index (χ3n) is 12.0. The van der Waals surface area contributed by atoms with Crippen molar-refractivity contribution >= 4 is 5.91 Å². The van der Waals surface area contributed by atoms with Crippen LogP contribution >= 0.6 is 0 Å². The number of unbranched alkanes of at least 4 members (excludes halogenated alkanes) is 13. The zero-order valence-corrected chi connectivity index (χ0v) is 37.8. The van der Waals surface area contributed by atoms with E-state index in [0.29, 0.717) is 12.8 Å². The third kappa shape index (κ3) is 18.1. The van der Waals surface area contributed by atoms with Crippen LogP contribution in [0, 0.1) is 0 Å². The monoisotopic (exact) mass is 924 g/mol. The molecule has 0 aromatic carbocycles. The first-order chi connectivity index (χ1) is 30.8. The molecule has 0 aliphatic carbocycles. The number of nitrogens with one attached hydrogen (secondary N) is 1. The molecule has 3 aliphatic rings. The summed E-state index contributed by atoms with van der Waals surface area (Å²) in [6, 6.07) is -0.969. The van der Waals surface area contributed by atoms with E-state index in [9.17, 15) is 61.0 Å².